The molecule has 0 unspecified atom stereocenters. The van der Waals surface area contributed by atoms with E-state index in [1.54, 1.807) is 19.3 Å². The molecule has 0 radical (unpaired) electrons. The van der Waals surface area contributed by atoms with E-state index in [4.69, 9.17) is 4.74 Å². The third-order valence-corrected chi connectivity index (χ3v) is 5.09. The monoisotopic (exact) mass is 361 g/mol. The summed E-state index contributed by atoms with van der Waals surface area (Å²) in [5, 5.41) is 10.6. The van der Waals surface area contributed by atoms with Crippen LogP contribution >= 0.6 is 22.7 Å². The zero-order chi connectivity index (χ0) is 17.1. The topological polar surface area (TPSA) is 73.2 Å². The summed E-state index contributed by atoms with van der Waals surface area (Å²) in [6.45, 7) is 0.346. The highest BCUT2D eigenvalue weighted by Crippen LogP contribution is 2.21. The van der Waals surface area contributed by atoms with Crippen LogP contribution in [0.2, 0.25) is 0 Å². The van der Waals surface area contributed by atoms with E-state index in [1.165, 1.54) is 34.5 Å². The Morgan fingerprint density at radius 3 is 2.88 bits per heavy atom. The highest BCUT2D eigenvalue weighted by molar-refractivity contribution is 7.14. The van der Waals surface area contributed by atoms with Crippen molar-refractivity contribution in [3.8, 4) is 5.88 Å². The number of ketones is 1. The molecule has 0 spiro atoms. The lowest BCUT2D eigenvalue weighted by atomic mass is 10.2. The van der Waals surface area contributed by atoms with Gasteiger partial charge in [-0.25, -0.2) is 0 Å². The van der Waals surface area contributed by atoms with Gasteiger partial charge in [-0.3, -0.25) is 14.3 Å². The Morgan fingerprint density at radius 2 is 2.17 bits per heavy atom. The van der Waals surface area contributed by atoms with E-state index in [0.29, 0.717) is 22.5 Å². The van der Waals surface area contributed by atoms with E-state index < -0.39 is 0 Å². The molecule has 3 heterocycles. The summed E-state index contributed by atoms with van der Waals surface area (Å²) >= 11 is 2.87. The number of rotatable bonds is 6. The van der Waals surface area contributed by atoms with Crippen LogP contribution in [-0.2, 0) is 13.6 Å². The molecule has 0 aliphatic rings. The SMILES string of the molecule is COc1nn(C)cc1C(=O)NCc1ccc(C(=O)c2ccsc2)s1. The minimum atomic E-state index is -0.265. The molecule has 6 nitrogen and oxygen atoms in total. The molecule has 0 saturated carbocycles. The molecule has 0 aliphatic heterocycles. The van der Waals surface area contributed by atoms with Gasteiger partial charge < -0.3 is 10.1 Å². The highest BCUT2D eigenvalue weighted by atomic mass is 32.1. The molecule has 3 rings (SSSR count). The third-order valence-electron chi connectivity index (χ3n) is 3.32. The van der Waals surface area contributed by atoms with E-state index in [9.17, 15) is 9.59 Å². The van der Waals surface area contributed by atoms with Crippen molar-refractivity contribution in [1.82, 2.24) is 15.1 Å². The maximum Gasteiger partial charge on any atom is 0.258 e. The number of nitrogens with zero attached hydrogens (tertiary/aromatic N) is 2. The average molecular weight is 361 g/mol. The summed E-state index contributed by atoms with van der Waals surface area (Å²) < 4.78 is 6.61. The minimum absolute atomic E-state index is 0.00718. The third kappa shape index (κ3) is 3.39. The van der Waals surface area contributed by atoms with Crippen molar-refractivity contribution >= 4 is 34.4 Å². The van der Waals surface area contributed by atoms with Gasteiger partial charge in [0.1, 0.15) is 5.56 Å². The Kier molecular flexibility index (Phi) is 4.77. The summed E-state index contributed by atoms with van der Waals surface area (Å²) in [6.07, 6.45) is 1.61. The Morgan fingerprint density at radius 1 is 1.33 bits per heavy atom. The first-order valence-corrected chi connectivity index (χ1v) is 8.86. The van der Waals surface area contributed by atoms with Crippen LogP contribution in [0.5, 0.6) is 5.88 Å². The van der Waals surface area contributed by atoms with Gasteiger partial charge in [0, 0.05) is 29.1 Å². The summed E-state index contributed by atoms with van der Waals surface area (Å²) in [4.78, 5) is 26.1. The Hall–Kier alpha value is -2.45. The largest absolute Gasteiger partial charge is 0.479 e. The zero-order valence-electron chi connectivity index (χ0n) is 13.1. The summed E-state index contributed by atoms with van der Waals surface area (Å²) in [6, 6.07) is 5.45. The second-order valence-corrected chi connectivity index (χ2v) is 6.96. The lowest BCUT2D eigenvalue weighted by Gasteiger charge is -2.03. The fourth-order valence-corrected chi connectivity index (χ4v) is 3.71. The molecule has 1 amide bonds. The highest BCUT2D eigenvalue weighted by Gasteiger charge is 2.17. The van der Waals surface area contributed by atoms with Crippen LogP contribution in [0.15, 0.2) is 35.2 Å². The first-order valence-electron chi connectivity index (χ1n) is 7.10. The number of aryl methyl sites for hydroxylation is 1. The van der Waals surface area contributed by atoms with Crippen LogP contribution < -0.4 is 10.1 Å². The Labute approximate surface area is 146 Å². The predicted molar refractivity (Wildman–Crippen MR) is 93.0 cm³/mol. The maximum absolute atomic E-state index is 12.3. The van der Waals surface area contributed by atoms with Crippen molar-refractivity contribution < 1.29 is 14.3 Å². The van der Waals surface area contributed by atoms with E-state index >= 15 is 0 Å². The first kappa shape index (κ1) is 16.4. The molecule has 124 valence electrons. The number of ether oxygens (including phenoxy) is 1. The van der Waals surface area contributed by atoms with Gasteiger partial charge in [-0.05, 0) is 23.6 Å². The first-order chi connectivity index (χ1) is 11.6. The summed E-state index contributed by atoms with van der Waals surface area (Å²) in [5.41, 5.74) is 1.07. The molecule has 0 aliphatic carbocycles. The van der Waals surface area contributed by atoms with Crippen molar-refractivity contribution in [3.05, 3.63) is 56.0 Å². The van der Waals surface area contributed by atoms with Crippen molar-refractivity contribution in [1.29, 1.82) is 0 Å². The van der Waals surface area contributed by atoms with E-state index in [1.807, 2.05) is 22.9 Å². The molecule has 0 atom stereocenters. The average Bonchev–Trinajstić information content (AvgIpc) is 3.31. The van der Waals surface area contributed by atoms with E-state index in [2.05, 4.69) is 10.4 Å². The molecular formula is C16H15N3O3S2. The number of carbonyl (C=O) groups excluding carboxylic acids is 2. The number of thiophene rings is 2. The molecule has 0 bridgehead atoms. The van der Waals surface area contributed by atoms with Crippen LogP contribution in [0.3, 0.4) is 0 Å². The van der Waals surface area contributed by atoms with Gasteiger partial charge in [0.05, 0.1) is 18.5 Å². The van der Waals surface area contributed by atoms with Crippen molar-refractivity contribution in [2.45, 2.75) is 6.54 Å². The van der Waals surface area contributed by atoms with Gasteiger partial charge in [-0.2, -0.15) is 11.3 Å². The van der Waals surface area contributed by atoms with Gasteiger partial charge in [0.2, 0.25) is 11.7 Å². The molecule has 3 aromatic heterocycles. The normalized spacial score (nSPS) is 10.6. The number of methoxy groups -OCH3 is 1. The molecule has 0 saturated heterocycles. The molecule has 24 heavy (non-hydrogen) atoms. The Bertz CT molecular complexity index is 865. The van der Waals surface area contributed by atoms with Crippen LogP contribution in [0.4, 0.5) is 0 Å². The summed E-state index contributed by atoms with van der Waals surface area (Å²) in [5.74, 6) is 0.0290. The number of hydrogen-bond acceptors (Lipinski definition) is 6. The van der Waals surface area contributed by atoms with Gasteiger partial charge in [0.25, 0.3) is 5.91 Å². The lowest BCUT2D eigenvalue weighted by molar-refractivity contribution is 0.0947. The van der Waals surface area contributed by atoms with Crippen molar-refractivity contribution in [2.24, 2.45) is 7.05 Å². The van der Waals surface area contributed by atoms with Crippen LogP contribution in [-0.4, -0.2) is 28.6 Å². The van der Waals surface area contributed by atoms with Crippen LogP contribution in [0, 0.1) is 0 Å². The fourth-order valence-electron chi connectivity index (χ4n) is 2.17. The van der Waals surface area contributed by atoms with Gasteiger partial charge in [0.15, 0.2) is 0 Å². The lowest BCUT2D eigenvalue weighted by Crippen LogP contribution is -2.22. The second kappa shape index (κ2) is 6.98. The van der Waals surface area contributed by atoms with Crippen molar-refractivity contribution in [3.63, 3.8) is 0 Å². The Balaban J connectivity index is 1.65. The number of hydrogen-bond donors (Lipinski definition) is 1. The number of amides is 1. The molecule has 1 N–H and O–H groups in total. The maximum atomic E-state index is 12.3. The molecule has 0 fully saturated rings. The zero-order valence-corrected chi connectivity index (χ0v) is 14.7. The number of carbonyl (C=O) groups is 2. The van der Waals surface area contributed by atoms with Crippen molar-refractivity contribution in [2.75, 3.05) is 7.11 Å². The number of nitrogens with one attached hydrogen (secondary N) is 1. The minimum Gasteiger partial charge on any atom is -0.479 e. The number of aromatic nitrogens is 2. The second-order valence-electron chi connectivity index (χ2n) is 5.02. The van der Waals surface area contributed by atoms with E-state index in [-0.39, 0.29) is 17.6 Å². The molecular weight excluding hydrogens is 346 g/mol. The molecule has 8 heteroatoms. The fraction of sp³-hybridized carbons (Fsp3) is 0.188. The summed E-state index contributed by atoms with van der Waals surface area (Å²) in [7, 11) is 3.20. The van der Waals surface area contributed by atoms with Gasteiger partial charge >= 0.3 is 0 Å². The quantitative estimate of drug-likeness (QED) is 0.685. The van der Waals surface area contributed by atoms with Crippen LogP contribution in [0.1, 0.15) is 30.5 Å². The smallest absolute Gasteiger partial charge is 0.258 e. The predicted octanol–water partition coefficient (Wildman–Crippen LogP) is 2.71. The standard InChI is InChI=1S/C16H15N3O3S2/c1-19-8-12(16(18-19)22-2)15(21)17-7-11-3-4-13(24-11)14(20)10-5-6-23-9-10/h3-6,8-9H,7H2,1-2H3,(H,17,21). The van der Waals surface area contributed by atoms with Gasteiger partial charge in [-0.15, -0.1) is 16.4 Å². The van der Waals surface area contributed by atoms with Gasteiger partial charge in [-0.1, -0.05) is 0 Å². The van der Waals surface area contributed by atoms with E-state index in [0.717, 1.165) is 4.88 Å². The molecule has 0 aromatic carbocycles. The van der Waals surface area contributed by atoms with Crippen LogP contribution in [0.25, 0.3) is 0 Å². The molecule has 3 aromatic rings.